The van der Waals surface area contributed by atoms with Gasteiger partial charge in [-0.2, -0.15) is 13.2 Å². The van der Waals surface area contributed by atoms with E-state index in [1.165, 1.54) is 18.5 Å². The number of ether oxygens (including phenoxy) is 1. The molecular formula is C14H13F3N2O. The third kappa shape index (κ3) is 3.26. The Labute approximate surface area is 114 Å². The van der Waals surface area contributed by atoms with Gasteiger partial charge in [0.25, 0.3) is 0 Å². The highest BCUT2D eigenvalue weighted by Gasteiger charge is 2.33. The summed E-state index contributed by atoms with van der Waals surface area (Å²) in [7, 11) is 0. The second-order valence-electron chi connectivity index (χ2n) is 4.35. The summed E-state index contributed by atoms with van der Waals surface area (Å²) in [5.74, 6) is 0.913. The summed E-state index contributed by atoms with van der Waals surface area (Å²) in [6, 6.07) is 4.06. The fourth-order valence-electron chi connectivity index (χ4n) is 1.77. The van der Waals surface area contributed by atoms with Crippen LogP contribution in [-0.4, -0.2) is 9.97 Å². The summed E-state index contributed by atoms with van der Waals surface area (Å²) in [6.45, 7) is 3.17. The van der Waals surface area contributed by atoms with Crippen molar-refractivity contribution < 1.29 is 17.9 Å². The molecule has 0 N–H and O–H groups in total. The molecule has 20 heavy (non-hydrogen) atoms. The topological polar surface area (TPSA) is 35.0 Å². The first-order chi connectivity index (χ1) is 9.38. The average Bonchev–Trinajstić information content (AvgIpc) is 2.38. The zero-order valence-corrected chi connectivity index (χ0v) is 11.0. The summed E-state index contributed by atoms with van der Waals surface area (Å²) >= 11 is 0. The van der Waals surface area contributed by atoms with Gasteiger partial charge in [-0.3, -0.25) is 0 Å². The molecule has 0 aliphatic carbocycles. The molecule has 3 nitrogen and oxygen atoms in total. The van der Waals surface area contributed by atoms with Crippen LogP contribution >= 0.6 is 0 Å². The molecule has 0 atom stereocenters. The standard InChI is InChI=1S/C14H13F3N2O/c1-9-4-3-5-13(14(15,16)17)12(9)8-20-11-6-18-10(2)19-7-11/h3-7H,8H2,1-2H3. The lowest BCUT2D eigenvalue weighted by atomic mass is 10.0. The van der Waals surface area contributed by atoms with Crippen LogP contribution in [0.15, 0.2) is 30.6 Å². The van der Waals surface area contributed by atoms with Crippen LogP contribution in [0.1, 0.15) is 22.5 Å². The predicted molar refractivity (Wildman–Crippen MR) is 67.3 cm³/mol. The van der Waals surface area contributed by atoms with Crippen molar-refractivity contribution in [3.63, 3.8) is 0 Å². The van der Waals surface area contributed by atoms with Crippen LogP contribution in [0.3, 0.4) is 0 Å². The minimum Gasteiger partial charge on any atom is -0.486 e. The van der Waals surface area contributed by atoms with Gasteiger partial charge in [0.15, 0.2) is 5.75 Å². The molecule has 2 aromatic rings. The highest BCUT2D eigenvalue weighted by Crippen LogP contribution is 2.33. The quantitative estimate of drug-likeness (QED) is 0.861. The first kappa shape index (κ1) is 14.3. The maximum Gasteiger partial charge on any atom is 0.416 e. The number of hydrogen-bond acceptors (Lipinski definition) is 3. The van der Waals surface area contributed by atoms with Crippen LogP contribution in [0.4, 0.5) is 13.2 Å². The van der Waals surface area contributed by atoms with Crippen molar-refractivity contribution in [3.8, 4) is 5.75 Å². The van der Waals surface area contributed by atoms with E-state index < -0.39 is 11.7 Å². The lowest BCUT2D eigenvalue weighted by molar-refractivity contribution is -0.138. The van der Waals surface area contributed by atoms with Gasteiger partial charge in [0, 0.05) is 5.56 Å². The lowest BCUT2D eigenvalue weighted by Gasteiger charge is -2.15. The predicted octanol–water partition coefficient (Wildman–Crippen LogP) is 3.69. The second kappa shape index (κ2) is 5.48. The fraction of sp³-hybridized carbons (Fsp3) is 0.286. The molecule has 0 amide bonds. The minimum absolute atomic E-state index is 0.126. The van der Waals surface area contributed by atoms with E-state index in [0.29, 0.717) is 17.1 Å². The number of rotatable bonds is 3. The van der Waals surface area contributed by atoms with Gasteiger partial charge < -0.3 is 4.74 Å². The van der Waals surface area contributed by atoms with Crippen LogP contribution < -0.4 is 4.74 Å². The molecule has 0 aliphatic rings. The molecule has 0 unspecified atom stereocenters. The van der Waals surface area contributed by atoms with Crippen molar-refractivity contribution in [3.05, 3.63) is 53.1 Å². The van der Waals surface area contributed by atoms with Crippen molar-refractivity contribution in [2.45, 2.75) is 26.6 Å². The molecular weight excluding hydrogens is 269 g/mol. The third-order valence-electron chi connectivity index (χ3n) is 2.86. The van der Waals surface area contributed by atoms with Crippen LogP contribution in [0, 0.1) is 13.8 Å². The average molecular weight is 282 g/mol. The van der Waals surface area contributed by atoms with E-state index in [1.807, 2.05) is 0 Å². The fourth-order valence-corrected chi connectivity index (χ4v) is 1.77. The van der Waals surface area contributed by atoms with Crippen molar-refractivity contribution in [1.29, 1.82) is 0 Å². The molecule has 1 heterocycles. The van der Waals surface area contributed by atoms with Crippen LogP contribution in [-0.2, 0) is 12.8 Å². The molecule has 0 bridgehead atoms. The normalized spacial score (nSPS) is 11.4. The van der Waals surface area contributed by atoms with Gasteiger partial charge >= 0.3 is 6.18 Å². The number of hydrogen-bond donors (Lipinski definition) is 0. The zero-order chi connectivity index (χ0) is 14.8. The molecule has 2 rings (SSSR count). The first-order valence-corrected chi connectivity index (χ1v) is 5.95. The molecule has 106 valence electrons. The molecule has 0 fully saturated rings. The Morgan fingerprint density at radius 3 is 2.35 bits per heavy atom. The number of nitrogens with zero attached hydrogens (tertiary/aromatic N) is 2. The highest BCUT2D eigenvalue weighted by atomic mass is 19.4. The van der Waals surface area contributed by atoms with E-state index in [-0.39, 0.29) is 12.2 Å². The Hall–Kier alpha value is -2.11. The summed E-state index contributed by atoms with van der Waals surface area (Å²) in [5, 5.41) is 0. The van der Waals surface area contributed by atoms with Gasteiger partial charge in [-0.05, 0) is 25.5 Å². The Kier molecular flexibility index (Phi) is 3.92. The molecule has 1 aromatic carbocycles. The number of aryl methyl sites for hydroxylation is 2. The Bertz CT molecular complexity index is 594. The molecule has 6 heteroatoms. The van der Waals surface area contributed by atoms with Crippen molar-refractivity contribution in [2.24, 2.45) is 0 Å². The smallest absolute Gasteiger partial charge is 0.416 e. The lowest BCUT2D eigenvalue weighted by Crippen LogP contribution is -2.12. The first-order valence-electron chi connectivity index (χ1n) is 5.95. The SMILES string of the molecule is Cc1ncc(OCc2c(C)cccc2C(F)(F)F)cn1. The number of aromatic nitrogens is 2. The second-order valence-corrected chi connectivity index (χ2v) is 4.35. The third-order valence-corrected chi connectivity index (χ3v) is 2.86. The Morgan fingerprint density at radius 1 is 1.10 bits per heavy atom. The van der Waals surface area contributed by atoms with Crippen molar-refractivity contribution in [1.82, 2.24) is 9.97 Å². The van der Waals surface area contributed by atoms with Gasteiger partial charge in [-0.1, -0.05) is 12.1 Å². The summed E-state index contributed by atoms with van der Waals surface area (Å²) in [4.78, 5) is 7.85. The van der Waals surface area contributed by atoms with E-state index in [1.54, 1.807) is 19.9 Å². The minimum atomic E-state index is -4.39. The molecule has 1 aromatic heterocycles. The van der Waals surface area contributed by atoms with E-state index in [0.717, 1.165) is 6.07 Å². The summed E-state index contributed by atoms with van der Waals surface area (Å²) in [5.41, 5.74) is -0.0149. The molecule has 0 saturated heterocycles. The van der Waals surface area contributed by atoms with E-state index >= 15 is 0 Å². The van der Waals surface area contributed by atoms with Gasteiger partial charge in [-0.25, -0.2) is 9.97 Å². The number of benzene rings is 1. The number of alkyl halides is 3. The van der Waals surface area contributed by atoms with Gasteiger partial charge in [0.05, 0.1) is 18.0 Å². The van der Waals surface area contributed by atoms with Gasteiger partial charge in [0.1, 0.15) is 12.4 Å². The van der Waals surface area contributed by atoms with Crippen LogP contribution in [0.5, 0.6) is 5.75 Å². The highest BCUT2D eigenvalue weighted by molar-refractivity contribution is 5.36. The molecule has 0 aliphatic heterocycles. The zero-order valence-electron chi connectivity index (χ0n) is 11.0. The largest absolute Gasteiger partial charge is 0.486 e. The molecule has 0 radical (unpaired) electrons. The monoisotopic (exact) mass is 282 g/mol. The molecule has 0 saturated carbocycles. The molecule has 0 spiro atoms. The van der Waals surface area contributed by atoms with E-state index in [9.17, 15) is 13.2 Å². The van der Waals surface area contributed by atoms with Gasteiger partial charge in [0.2, 0.25) is 0 Å². The van der Waals surface area contributed by atoms with Crippen molar-refractivity contribution in [2.75, 3.05) is 0 Å². The summed E-state index contributed by atoms with van der Waals surface area (Å²) in [6.07, 6.45) is -1.52. The Morgan fingerprint density at radius 2 is 1.75 bits per heavy atom. The maximum atomic E-state index is 12.9. The van der Waals surface area contributed by atoms with Crippen molar-refractivity contribution >= 4 is 0 Å². The Balaban J connectivity index is 2.23. The summed E-state index contributed by atoms with van der Waals surface area (Å²) < 4.78 is 44.1. The number of halogens is 3. The maximum absolute atomic E-state index is 12.9. The van der Waals surface area contributed by atoms with E-state index in [2.05, 4.69) is 9.97 Å². The van der Waals surface area contributed by atoms with Crippen LogP contribution in [0.25, 0.3) is 0 Å². The van der Waals surface area contributed by atoms with Gasteiger partial charge in [-0.15, -0.1) is 0 Å². The van der Waals surface area contributed by atoms with E-state index in [4.69, 9.17) is 4.74 Å². The van der Waals surface area contributed by atoms with Crippen LogP contribution in [0.2, 0.25) is 0 Å².